The van der Waals surface area contributed by atoms with Crippen LogP contribution in [0.15, 0.2) is 35.2 Å². The molecule has 0 aromatic heterocycles. The van der Waals surface area contributed by atoms with Gasteiger partial charge in [0.05, 0.1) is 0 Å². The maximum atomic E-state index is 10.8. The molecule has 0 bridgehead atoms. The molecule has 0 fully saturated rings. The molecule has 0 saturated carbocycles. The molecule has 0 saturated heterocycles. The molecule has 0 aliphatic rings. The van der Waals surface area contributed by atoms with E-state index in [1.165, 1.54) is 4.90 Å². The predicted octanol–water partition coefficient (Wildman–Crippen LogP) is 2.19. The quantitative estimate of drug-likeness (QED) is 0.770. The minimum Gasteiger partial charge on any atom is -0.445 e. The number of nitrogens with zero attached hydrogens (tertiary/aromatic N) is 1. The number of carbonyl (C=O) groups is 1. The Labute approximate surface area is 112 Å². The van der Waals surface area contributed by atoms with E-state index in [-0.39, 0.29) is 6.10 Å². The van der Waals surface area contributed by atoms with Gasteiger partial charge in [-0.2, -0.15) is 0 Å². The molecule has 0 spiro atoms. The van der Waals surface area contributed by atoms with Crippen LogP contribution in [0.2, 0.25) is 0 Å². The van der Waals surface area contributed by atoms with Crippen LogP contribution in [0, 0.1) is 0 Å². The first-order valence-corrected chi connectivity index (χ1v) is 6.85. The molecule has 18 heavy (non-hydrogen) atoms. The number of benzene rings is 1. The zero-order valence-corrected chi connectivity index (χ0v) is 11.7. The van der Waals surface area contributed by atoms with Gasteiger partial charge in [0.2, 0.25) is 0 Å². The zero-order valence-electron chi connectivity index (χ0n) is 10.8. The maximum absolute atomic E-state index is 10.8. The van der Waals surface area contributed by atoms with Crippen molar-refractivity contribution in [1.29, 1.82) is 0 Å². The van der Waals surface area contributed by atoms with Gasteiger partial charge in [0.15, 0.2) is 0 Å². The van der Waals surface area contributed by atoms with E-state index in [1.807, 2.05) is 44.4 Å². The van der Waals surface area contributed by atoms with Gasteiger partial charge in [0.25, 0.3) is 0 Å². The lowest BCUT2D eigenvalue weighted by atomic mass is 10.3. The molecule has 2 N–H and O–H groups in total. The number of primary amides is 1. The summed E-state index contributed by atoms with van der Waals surface area (Å²) >= 11 is 1.67. The molecule has 0 heterocycles. The molecule has 0 aliphatic carbocycles. The molecule has 0 radical (unpaired) electrons. The van der Waals surface area contributed by atoms with E-state index in [2.05, 4.69) is 4.90 Å². The van der Waals surface area contributed by atoms with Crippen LogP contribution < -0.4 is 5.73 Å². The average Bonchev–Trinajstić information content (AvgIpc) is 2.33. The van der Waals surface area contributed by atoms with Crippen LogP contribution in [-0.4, -0.2) is 43.5 Å². The topological polar surface area (TPSA) is 55.6 Å². The Morgan fingerprint density at radius 2 is 2.06 bits per heavy atom. The van der Waals surface area contributed by atoms with Crippen molar-refractivity contribution in [2.45, 2.75) is 17.4 Å². The summed E-state index contributed by atoms with van der Waals surface area (Å²) in [6.07, 6.45) is -0.0574. The third-order valence-electron chi connectivity index (χ3n) is 2.36. The third-order valence-corrected chi connectivity index (χ3v) is 3.50. The van der Waals surface area contributed by atoms with E-state index < -0.39 is 6.09 Å². The Bertz CT molecular complexity index is 357. The number of amides is 1. The van der Waals surface area contributed by atoms with Gasteiger partial charge in [-0.05, 0) is 32.6 Å². The fourth-order valence-corrected chi connectivity index (χ4v) is 2.41. The van der Waals surface area contributed by atoms with Crippen molar-refractivity contribution in [3.05, 3.63) is 30.3 Å². The Kier molecular flexibility index (Phi) is 6.60. The lowest BCUT2D eigenvalue weighted by Gasteiger charge is -2.18. The SMILES string of the molecule is CN(C)CCC(CSc1ccccc1)OC(N)=O. The van der Waals surface area contributed by atoms with Gasteiger partial charge in [-0.25, -0.2) is 4.79 Å². The standard InChI is InChI=1S/C13H20N2O2S/c1-15(2)9-8-11(17-13(14)16)10-18-12-6-4-3-5-7-12/h3-7,11H,8-10H2,1-2H3,(H2,14,16). The molecule has 4 nitrogen and oxygen atoms in total. The highest BCUT2D eigenvalue weighted by Crippen LogP contribution is 2.20. The molecule has 1 amide bonds. The maximum Gasteiger partial charge on any atom is 0.404 e. The summed E-state index contributed by atoms with van der Waals surface area (Å²) in [4.78, 5) is 14.1. The predicted molar refractivity (Wildman–Crippen MR) is 74.8 cm³/mol. The minimum atomic E-state index is -0.701. The van der Waals surface area contributed by atoms with Crippen LogP contribution in [0.4, 0.5) is 4.79 Å². The van der Waals surface area contributed by atoms with Gasteiger partial charge in [-0.1, -0.05) is 18.2 Å². The van der Waals surface area contributed by atoms with Crippen molar-refractivity contribution in [1.82, 2.24) is 4.90 Å². The highest BCUT2D eigenvalue weighted by atomic mass is 32.2. The van der Waals surface area contributed by atoms with Crippen LogP contribution in [0.1, 0.15) is 6.42 Å². The zero-order chi connectivity index (χ0) is 13.4. The van der Waals surface area contributed by atoms with Crippen LogP contribution in [-0.2, 0) is 4.74 Å². The van der Waals surface area contributed by atoms with E-state index in [0.717, 1.165) is 18.7 Å². The second-order valence-electron chi connectivity index (χ2n) is 4.27. The van der Waals surface area contributed by atoms with Crippen LogP contribution in [0.25, 0.3) is 0 Å². The molecule has 1 aromatic rings. The van der Waals surface area contributed by atoms with Gasteiger partial charge in [0, 0.05) is 17.2 Å². The number of thioether (sulfide) groups is 1. The van der Waals surface area contributed by atoms with Crippen LogP contribution in [0.3, 0.4) is 0 Å². The van der Waals surface area contributed by atoms with Crippen molar-refractivity contribution in [3.8, 4) is 0 Å². The first-order chi connectivity index (χ1) is 8.58. The fourth-order valence-electron chi connectivity index (χ4n) is 1.45. The van der Waals surface area contributed by atoms with E-state index in [1.54, 1.807) is 11.8 Å². The second-order valence-corrected chi connectivity index (χ2v) is 5.37. The Balaban J connectivity index is 2.42. The Hall–Kier alpha value is -1.20. The highest BCUT2D eigenvalue weighted by molar-refractivity contribution is 7.99. The monoisotopic (exact) mass is 268 g/mol. The van der Waals surface area contributed by atoms with Gasteiger partial charge < -0.3 is 15.4 Å². The molecule has 1 aromatic carbocycles. The van der Waals surface area contributed by atoms with Crippen molar-refractivity contribution in [3.63, 3.8) is 0 Å². The molecule has 1 atom stereocenters. The molecular weight excluding hydrogens is 248 g/mol. The summed E-state index contributed by atoms with van der Waals surface area (Å²) in [5.41, 5.74) is 5.08. The van der Waals surface area contributed by atoms with Crippen molar-refractivity contribution in [2.24, 2.45) is 5.73 Å². The minimum absolute atomic E-state index is 0.143. The van der Waals surface area contributed by atoms with Crippen molar-refractivity contribution in [2.75, 3.05) is 26.4 Å². The fraction of sp³-hybridized carbons (Fsp3) is 0.462. The molecular formula is C13H20N2O2S. The Morgan fingerprint density at radius 1 is 1.39 bits per heavy atom. The number of hydrogen-bond donors (Lipinski definition) is 1. The molecule has 1 rings (SSSR count). The Morgan fingerprint density at radius 3 is 2.61 bits per heavy atom. The first kappa shape index (κ1) is 14.9. The van der Waals surface area contributed by atoms with Crippen LogP contribution >= 0.6 is 11.8 Å². The van der Waals surface area contributed by atoms with Gasteiger partial charge >= 0.3 is 6.09 Å². The lowest BCUT2D eigenvalue weighted by molar-refractivity contribution is 0.109. The van der Waals surface area contributed by atoms with E-state index in [0.29, 0.717) is 0 Å². The summed E-state index contributed by atoms with van der Waals surface area (Å²) < 4.78 is 5.11. The average molecular weight is 268 g/mol. The third kappa shape index (κ3) is 6.51. The highest BCUT2D eigenvalue weighted by Gasteiger charge is 2.13. The number of ether oxygens (including phenoxy) is 1. The first-order valence-electron chi connectivity index (χ1n) is 5.86. The number of nitrogens with two attached hydrogens (primary N) is 1. The van der Waals surface area contributed by atoms with Crippen LogP contribution in [0.5, 0.6) is 0 Å². The normalized spacial score (nSPS) is 12.4. The van der Waals surface area contributed by atoms with E-state index >= 15 is 0 Å². The lowest BCUT2D eigenvalue weighted by Crippen LogP contribution is -2.28. The number of rotatable bonds is 7. The summed E-state index contributed by atoms with van der Waals surface area (Å²) in [7, 11) is 3.98. The van der Waals surface area contributed by atoms with Gasteiger partial charge in [-0.3, -0.25) is 0 Å². The molecule has 1 unspecified atom stereocenters. The second kappa shape index (κ2) is 8.00. The molecule has 100 valence electrons. The summed E-state index contributed by atoms with van der Waals surface area (Å²) in [5, 5.41) is 0. The summed E-state index contributed by atoms with van der Waals surface area (Å²) in [5.74, 6) is 0.723. The van der Waals surface area contributed by atoms with E-state index in [4.69, 9.17) is 10.5 Å². The summed E-state index contributed by atoms with van der Waals surface area (Å²) in [6, 6.07) is 10.0. The van der Waals surface area contributed by atoms with E-state index in [9.17, 15) is 4.79 Å². The van der Waals surface area contributed by atoms with Gasteiger partial charge in [-0.15, -0.1) is 11.8 Å². The largest absolute Gasteiger partial charge is 0.445 e. The number of hydrogen-bond acceptors (Lipinski definition) is 4. The molecule has 5 heteroatoms. The van der Waals surface area contributed by atoms with Gasteiger partial charge in [0.1, 0.15) is 6.10 Å². The smallest absolute Gasteiger partial charge is 0.404 e. The number of carbonyl (C=O) groups excluding carboxylic acids is 1. The molecule has 0 aliphatic heterocycles. The summed E-state index contributed by atoms with van der Waals surface area (Å²) in [6.45, 7) is 0.868. The van der Waals surface area contributed by atoms with Crippen molar-refractivity contribution < 1.29 is 9.53 Å². The van der Waals surface area contributed by atoms with Crippen molar-refractivity contribution >= 4 is 17.9 Å².